The molecule has 4 rings (SSSR count). The summed E-state index contributed by atoms with van der Waals surface area (Å²) in [6.45, 7) is 0.293. The SMILES string of the molecule is O=C1CCc2cc(F)cc(NC(=O)NCc3n[nH]c4c3CCC4)c2N1. The molecule has 0 saturated heterocycles. The minimum Gasteiger partial charge on any atom is -0.332 e. The number of aryl methyl sites for hydroxylation is 2. The lowest BCUT2D eigenvalue weighted by Crippen LogP contribution is -2.30. The summed E-state index contributed by atoms with van der Waals surface area (Å²) in [5, 5.41) is 15.3. The summed E-state index contributed by atoms with van der Waals surface area (Å²) in [5.74, 6) is -0.593. The molecule has 7 nitrogen and oxygen atoms in total. The molecule has 2 aromatic rings. The first-order chi connectivity index (χ1) is 12.1. The molecule has 1 aromatic carbocycles. The van der Waals surface area contributed by atoms with Crippen molar-refractivity contribution in [3.63, 3.8) is 0 Å². The topological polar surface area (TPSA) is 98.9 Å². The van der Waals surface area contributed by atoms with E-state index in [1.165, 1.54) is 17.7 Å². The molecule has 0 radical (unpaired) electrons. The van der Waals surface area contributed by atoms with Gasteiger partial charge in [-0.15, -0.1) is 0 Å². The van der Waals surface area contributed by atoms with E-state index in [9.17, 15) is 14.0 Å². The number of halogens is 1. The molecule has 4 N–H and O–H groups in total. The van der Waals surface area contributed by atoms with Gasteiger partial charge >= 0.3 is 6.03 Å². The molecule has 2 aliphatic rings. The predicted molar refractivity (Wildman–Crippen MR) is 89.8 cm³/mol. The minimum atomic E-state index is -0.470. The molecule has 0 atom stereocenters. The highest BCUT2D eigenvalue weighted by Crippen LogP contribution is 2.32. The average molecular weight is 343 g/mol. The van der Waals surface area contributed by atoms with Crippen molar-refractivity contribution in [1.82, 2.24) is 15.5 Å². The van der Waals surface area contributed by atoms with Gasteiger partial charge in [-0.1, -0.05) is 0 Å². The molecule has 2 heterocycles. The summed E-state index contributed by atoms with van der Waals surface area (Å²) in [5.41, 5.74) is 4.55. The molecule has 1 aromatic heterocycles. The molecule has 1 aliphatic carbocycles. The lowest BCUT2D eigenvalue weighted by Gasteiger charge is -2.20. The van der Waals surface area contributed by atoms with Crippen molar-refractivity contribution in [3.8, 4) is 0 Å². The smallest absolute Gasteiger partial charge is 0.319 e. The summed E-state index contributed by atoms with van der Waals surface area (Å²) in [6.07, 6.45) is 3.82. The van der Waals surface area contributed by atoms with Crippen molar-refractivity contribution in [1.29, 1.82) is 0 Å². The first-order valence-corrected chi connectivity index (χ1v) is 8.32. The van der Waals surface area contributed by atoms with Gasteiger partial charge in [0.2, 0.25) is 5.91 Å². The molecule has 1 aliphatic heterocycles. The number of nitrogens with one attached hydrogen (secondary N) is 4. The standard InChI is InChI=1S/C17H18FN5O2/c18-10-6-9-4-5-15(24)21-16(9)13(7-10)20-17(25)19-8-14-11-2-1-3-12(11)22-23-14/h6-7H,1-5,8H2,(H,21,24)(H,22,23)(H2,19,20,25). The van der Waals surface area contributed by atoms with E-state index >= 15 is 0 Å². The maximum absolute atomic E-state index is 13.8. The van der Waals surface area contributed by atoms with Crippen LogP contribution in [0.3, 0.4) is 0 Å². The maximum Gasteiger partial charge on any atom is 0.319 e. The maximum atomic E-state index is 13.8. The van der Waals surface area contributed by atoms with E-state index in [0.29, 0.717) is 30.6 Å². The zero-order valence-electron chi connectivity index (χ0n) is 13.5. The van der Waals surface area contributed by atoms with Crippen LogP contribution in [0.15, 0.2) is 12.1 Å². The fourth-order valence-electron chi connectivity index (χ4n) is 3.42. The summed E-state index contributed by atoms with van der Waals surface area (Å²) >= 11 is 0. The van der Waals surface area contributed by atoms with Crippen LogP contribution in [-0.2, 0) is 30.6 Å². The summed E-state index contributed by atoms with van der Waals surface area (Å²) in [7, 11) is 0. The third kappa shape index (κ3) is 3.07. The van der Waals surface area contributed by atoms with Crippen LogP contribution < -0.4 is 16.0 Å². The van der Waals surface area contributed by atoms with Gasteiger partial charge in [0.15, 0.2) is 0 Å². The second kappa shape index (κ2) is 6.19. The second-order valence-corrected chi connectivity index (χ2v) is 6.32. The quantitative estimate of drug-likeness (QED) is 0.688. The van der Waals surface area contributed by atoms with E-state index in [4.69, 9.17) is 0 Å². The van der Waals surface area contributed by atoms with Crippen molar-refractivity contribution < 1.29 is 14.0 Å². The molecule has 0 fully saturated rings. The number of aromatic nitrogens is 2. The number of H-pyrrole nitrogens is 1. The molecule has 130 valence electrons. The third-order valence-corrected chi connectivity index (χ3v) is 4.63. The van der Waals surface area contributed by atoms with E-state index in [-0.39, 0.29) is 11.6 Å². The lowest BCUT2D eigenvalue weighted by molar-refractivity contribution is -0.116. The Kier molecular flexibility index (Phi) is 3.87. The fourth-order valence-corrected chi connectivity index (χ4v) is 3.42. The molecule has 25 heavy (non-hydrogen) atoms. The van der Waals surface area contributed by atoms with Crippen LogP contribution in [0.1, 0.15) is 35.4 Å². The monoisotopic (exact) mass is 343 g/mol. The number of nitrogens with zero attached hydrogens (tertiary/aromatic N) is 1. The van der Waals surface area contributed by atoms with Gasteiger partial charge in [-0.2, -0.15) is 5.10 Å². The Morgan fingerprint density at radius 1 is 1.24 bits per heavy atom. The Balaban J connectivity index is 1.46. The summed E-state index contributed by atoms with van der Waals surface area (Å²) in [4.78, 5) is 23.8. The van der Waals surface area contributed by atoms with Gasteiger partial charge in [0, 0.05) is 12.1 Å². The number of amides is 3. The second-order valence-electron chi connectivity index (χ2n) is 6.32. The predicted octanol–water partition coefficient (Wildman–Crippen LogP) is 2.24. The Bertz CT molecular complexity index is 861. The molecule has 8 heteroatoms. The Hall–Kier alpha value is -2.90. The van der Waals surface area contributed by atoms with E-state index < -0.39 is 11.8 Å². The Labute approximate surface area is 143 Å². The molecule has 0 spiro atoms. The van der Waals surface area contributed by atoms with E-state index in [1.807, 2.05) is 0 Å². The van der Waals surface area contributed by atoms with Gasteiger partial charge in [0.1, 0.15) is 5.82 Å². The van der Waals surface area contributed by atoms with Gasteiger partial charge < -0.3 is 16.0 Å². The molecular formula is C17H18FN5O2. The van der Waals surface area contributed by atoms with Crippen molar-refractivity contribution >= 4 is 23.3 Å². The van der Waals surface area contributed by atoms with Crippen molar-refractivity contribution in [2.45, 2.75) is 38.6 Å². The number of anilines is 2. The van der Waals surface area contributed by atoms with Crippen LogP contribution in [0.2, 0.25) is 0 Å². The average Bonchev–Trinajstić information content (AvgIpc) is 3.17. The van der Waals surface area contributed by atoms with Crippen molar-refractivity contribution in [3.05, 3.63) is 40.5 Å². The first-order valence-electron chi connectivity index (χ1n) is 8.32. The number of carbonyl (C=O) groups excluding carboxylic acids is 2. The largest absolute Gasteiger partial charge is 0.332 e. The zero-order chi connectivity index (χ0) is 17.4. The Morgan fingerprint density at radius 3 is 3.00 bits per heavy atom. The zero-order valence-corrected chi connectivity index (χ0v) is 13.5. The van der Waals surface area contributed by atoms with Crippen LogP contribution in [0.5, 0.6) is 0 Å². The number of hydrogen-bond acceptors (Lipinski definition) is 3. The molecule has 0 bridgehead atoms. The molecule has 0 saturated carbocycles. The van der Waals surface area contributed by atoms with Crippen molar-refractivity contribution in [2.24, 2.45) is 0 Å². The minimum absolute atomic E-state index is 0.144. The van der Waals surface area contributed by atoms with Gasteiger partial charge in [0.05, 0.1) is 23.6 Å². The van der Waals surface area contributed by atoms with Crippen LogP contribution in [-0.4, -0.2) is 22.1 Å². The number of benzene rings is 1. The van der Waals surface area contributed by atoms with E-state index in [1.54, 1.807) is 0 Å². The van der Waals surface area contributed by atoms with Gasteiger partial charge in [-0.3, -0.25) is 9.89 Å². The molecule has 3 amide bonds. The highest BCUT2D eigenvalue weighted by atomic mass is 19.1. The highest BCUT2D eigenvalue weighted by Gasteiger charge is 2.21. The van der Waals surface area contributed by atoms with Crippen LogP contribution in [0, 0.1) is 5.82 Å². The van der Waals surface area contributed by atoms with Crippen molar-refractivity contribution in [2.75, 3.05) is 10.6 Å². The van der Waals surface area contributed by atoms with Gasteiger partial charge in [-0.25, -0.2) is 9.18 Å². The van der Waals surface area contributed by atoms with Gasteiger partial charge in [0.25, 0.3) is 0 Å². The first kappa shape index (κ1) is 15.6. The fraction of sp³-hybridized carbons (Fsp3) is 0.353. The number of urea groups is 1. The summed E-state index contributed by atoms with van der Waals surface area (Å²) < 4.78 is 13.8. The van der Waals surface area contributed by atoms with Crippen LogP contribution >= 0.6 is 0 Å². The lowest BCUT2D eigenvalue weighted by atomic mass is 10.0. The number of rotatable bonds is 3. The number of fused-ring (bicyclic) bond motifs is 2. The van der Waals surface area contributed by atoms with E-state index in [0.717, 1.165) is 30.7 Å². The number of carbonyl (C=O) groups is 2. The third-order valence-electron chi connectivity index (χ3n) is 4.63. The van der Waals surface area contributed by atoms with Gasteiger partial charge in [-0.05, 0) is 48.9 Å². The van der Waals surface area contributed by atoms with E-state index in [2.05, 4.69) is 26.1 Å². The Morgan fingerprint density at radius 2 is 2.12 bits per heavy atom. The normalized spacial score (nSPS) is 15.3. The molecular weight excluding hydrogens is 325 g/mol. The number of hydrogen-bond donors (Lipinski definition) is 4. The highest BCUT2D eigenvalue weighted by molar-refractivity contribution is 6.01. The van der Waals surface area contributed by atoms with Crippen LogP contribution in [0.25, 0.3) is 0 Å². The van der Waals surface area contributed by atoms with Crippen LogP contribution in [0.4, 0.5) is 20.6 Å². The number of aromatic amines is 1. The summed E-state index contributed by atoms with van der Waals surface area (Å²) in [6, 6.07) is 2.11. The molecule has 0 unspecified atom stereocenters.